The first-order chi connectivity index (χ1) is 11.0. The number of hydrogen-bond donors (Lipinski definition) is 2. The predicted octanol–water partition coefficient (Wildman–Crippen LogP) is 0.860. The predicted molar refractivity (Wildman–Crippen MR) is 85.1 cm³/mol. The molecule has 7 nitrogen and oxygen atoms in total. The number of pyridine rings is 1. The zero-order valence-corrected chi connectivity index (χ0v) is 12.5. The highest BCUT2D eigenvalue weighted by Gasteiger charge is 2.26. The van der Waals surface area contributed by atoms with Crippen molar-refractivity contribution in [2.75, 3.05) is 10.6 Å². The number of imide groups is 1. The maximum atomic E-state index is 12.2. The third-order valence-corrected chi connectivity index (χ3v) is 3.02. The molecule has 118 valence electrons. The van der Waals surface area contributed by atoms with Crippen molar-refractivity contribution in [1.29, 1.82) is 0 Å². The van der Waals surface area contributed by atoms with Crippen molar-refractivity contribution in [2.45, 2.75) is 13.5 Å². The van der Waals surface area contributed by atoms with Crippen LogP contribution in [0.15, 0.2) is 48.7 Å². The molecule has 23 heavy (non-hydrogen) atoms. The number of nitrogen functional groups attached to an aromatic ring is 1. The number of rotatable bonds is 3. The Bertz CT molecular complexity index is 714. The largest absolute Gasteiger partial charge is 0.399 e. The van der Waals surface area contributed by atoms with E-state index < -0.39 is 17.7 Å². The highest BCUT2D eigenvalue weighted by Crippen LogP contribution is 2.17. The number of benzene rings is 1. The monoisotopic (exact) mass is 312 g/mol. The van der Waals surface area contributed by atoms with Gasteiger partial charge >= 0.3 is 11.8 Å². The van der Waals surface area contributed by atoms with Gasteiger partial charge in [0.05, 0.1) is 17.9 Å². The Labute approximate surface area is 133 Å². The van der Waals surface area contributed by atoms with Gasteiger partial charge in [-0.25, -0.2) is 4.90 Å². The number of carbonyl (C=O) groups excluding carboxylic acids is 3. The molecule has 3 N–H and O–H groups in total. The third-order valence-electron chi connectivity index (χ3n) is 3.02. The molecule has 2 aromatic rings. The van der Waals surface area contributed by atoms with Crippen molar-refractivity contribution in [3.05, 3.63) is 54.4 Å². The van der Waals surface area contributed by atoms with E-state index in [1.54, 1.807) is 36.5 Å². The van der Waals surface area contributed by atoms with Gasteiger partial charge in [-0.3, -0.25) is 19.4 Å². The molecule has 7 heteroatoms. The maximum absolute atomic E-state index is 12.2. The Balaban J connectivity index is 2.10. The fourth-order valence-electron chi connectivity index (χ4n) is 1.92. The molecule has 0 aliphatic rings. The van der Waals surface area contributed by atoms with Gasteiger partial charge in [-0.2, -0.15) is 0 Å². The van der Waals surface area contributed by atoms with E-state index in [1.165, 1.54) is 19.1 Å². The Morgan fingerprint density at radius 2 is 1.83 bits per heavy atom. The van der Waals surface area contributed by atoms with Crippen LogP contribution in [-0.4, -0.2) is 22.7 Å². The van der Waals surface area contributed by atoms with Crippen molar-refractivity contribution < 1.29 is 14.4 Å². The van der Waals surface area contributed by atoms with E-state index in [0.29, 0.717) is 11.4 Å². The molecular weight excluding hydrogens is 296 g/mol. The Kier molecular flexibility index (Phi) is 5.03. The van der Waals surface area contributed by atoms with Gasteiger partial charge in [0, 0.05) is 18.8 Å². The van der Waals surface area contributed by atoms with Crippen molar-refractivity contribution in [3.8, 4) is 0 Å². The molecular formula is C16H16N4O3. The topological polar surface area (TPSA) is 105 Å². The highest BCUT2D eigenvalue weighted by molar-refractivity contribution is 6.45. The summed E-state index contributed by atoms with van der Waals surface area (Å²) in [7, 11) is 0. The summed E-state index contributed by atoms with van der Waals surface area (Å²) < 4.78 is 0. The van der Waals surface area contributed by atoms with Crippen molar-refractivity contribution in [3.63, 3.8) is 0 Å². The maximum Gasteiger partial charge on any atom is 0.323 e. The average molecular weight is 312 g/mol. The molecule has 2 rings (SSSR count). The minimum Gasteiger partial charge on any atom is -0.399 e. The second-order valence-electron chi connectivity index (χ2n) is 4.75. The van der Waals surface area contributed by atoms with Gasteiger partial charge in [0.2, 0.25) is 5.91 Å². The van der Waals surface area contributed by atoms with Gasteiger partial charge in [0.15, 0.2) is 0 Å². The van der Waals surface area contributed by atoms with Crippen LogP contribution >= 0.6 is 0 Å². The van der Waals surface area contributed by atoms with E-state index in [-0.39, 0.29) is 12.2 Å². The summed E-state index contributed by atoms with van der Waals surface area (Å²) in [6.07, 6.45) is 1.58. The molecule has 0 fully saturated rings. The second kappa shape index (κ2) is 7.17. The Morgan fingerprint density at radius 3 is 2.39 bits per heavy atom. The quantitative estimate of drug-likeness (QED) is 0.646. The molecule has 1 aromatic heterocycles. The third kappa shape index (κ3) is 4.13. The van der Waals surface area contributed by atoms with E-state index in [4.69, 9.17) is 5.73 Å². The molecule has 0 aliphatic carbocycles. The number of nitrogens with two attached hydrogens (primary N) is 1. The van der Waals surface area contributed by atoms with Crippen LogP contribution in [0.5, 0.6) is 0 Å². The van der Waals surface area contributed by atoms with E-state index in [9.17, 15) is 14.4 Å². The molecule has 3 amide bonds. The molecule has 0 atom stereocenters. The average Bonchev–Trinajstić information content (AvgIpc) is 2.55. The molecule has 0 saturated heterocycles. The Hall–Kier alpha value is -3.22. The first-order valence-electron chi connectivity index (χ1n) is 6.87. The van der Waals surface area contributed by atoms with Crippen LogP contribution in [0.25, 0.3) is 0 Å². The van der Waals surface area contributed by atoms with Crippen LogP contribution in [0, 0.1) is 0 Å². The molecule has 0 unspecified atom stereocenters. The summed E-state index contributed by atoms with van der Waals surface area (Å²) in [6.45, 7) is 1.30. The fourth-order valence-corrected chi connectivity index (χ4v) is 1.92. The zero-order valence-electron chi connectivity index (χ0n) is 12.5. The molecule has 0 aliphatic heterocycles. The normalized spacial score (nSPS) is 9.96. The summed E-state index contributed by atoms with van der Waals surface area (Å²) in [5, 5.41) is 2.45. The number of nitrogens with one attached hydrogen (secondary N) is 1. The van der Waals surface area contributed by atoms with Crippen LogP contribution in [0.2, 0.25) is 0 Å². The lowest BCUT2D eigenvalue weighted by Gasteiger charge is -2.18. The van der Waals surface area contributed by atoms with Crippen LogP contribution < -0.4 is 16.0 Å². The Morgan fingerprint density at radius 1 is 1.13 bits per heavy atom. The lowest BCUT2D eigenvalue weighted by Crippen LogP contribution is -2.45. The van der Waals surface area contributed by atoms with Gasteiger partial charge in [-0.05, 0) is 36.4 Å². The number of carbonyl (C=O) groups is 3. The second-order valence-corrected chi connectivity index (χ2v) is 4.75. The standard InChI is InChI=1S/C16H16N4O3/c1-11(21)20(14-7-5-12(17)6-8-14)16(23)15(22)19-10-13-4-2-3-9-18-13/h2-9H,10,17H2,1H3,(H,19,22). The van der Waals surface area contributed by atoms with Crippen LogP contribution in [0.3, 0.4) is 0 Å². The zero-order chi connectivity index (χ0) is 16.8. The summed E-state index contributed by atoms with van der Waals surface area (Å²) in [5.41, 5.74) is 6.96. The number of nitrogens with zero attached hydrogens (tertiary/aromatic N) is 2. The molecule has 0 radical (unpaired) electrons. The summed E-state index contributed by atoms with van der Waals surface area (Å²) >= 11 is 0. The van der Waals surface area contributed by atoms with Gasteiger partial charge < -0.3 is 11.1 Å². The molecule has 0 saturated carbocycles. The van der Waals surface area contributed by atoms with Crippen molar-refractivity contribution >= 4 is 29.1 Å². The van der Waals surface area contributed by atoms with Gasteiger partial charge in [-0.15, -0.1) is 0 Å². The van der Waals surface area contributed by atoms with E-state index in [0.717, 1.165) is 4.90 Å². The number of hydrogen-bond acceptors (Lipinski definition) is 5. The minimum absolute atomic E-state index is 0.0961. The van der Waals surface area contributed by atoms with E-state index in [2.05, 4.69) is 10.3 Å². The molecule has 1 aromatic carbocycles. The smallest absolute Gasteiger partial charge is 0.323 e. The number of aromatic nitrogens is 1. The fraction of sp³-hybridized carbons (Fsp3) is 0.125. The number of amides is 3. The number of anilines is 2. The van der Waals surface area contributed by atoms with E-state index in [1.807, 2.05) is 0 Å². The van der Waals surface area contributed by atoms with Gasteiger partial charge in [0.1, 0.15) is 0 Å². The lowest BCUT2D eigenvalue weighted by molar-refractivity contribution is -0.139. The van der Waals surface area contributed by atoms with E-state index >= 15 is 0 Å². The summed E-state index contributed by atoms with van der Waals surface area (Å²) in [4.78, 5) is 40.8. The lowest BCUT2D eigenvalue weighted by atomic mass is 10.2. The first-order valence-corrected chi connectivity index (χ1v) is 6.87. The van der Waals surface area contributed by atoms with Gasteiger partial charge in [-0.1, -0.05) is 6.07 Å². The molecule has 0 bridgehead atoms. The molecule has 1 heterocycles. The van der Waals surface area contributed by atoms with Crippen molar-refractivity contribution in [1.82, 2.24) is 10.3 Å². The SMILES string of the molecule is CC(=O)N(C(=O)C(=O)NCc1ccccn1)c1ccc(N)cc1. The van der Waals surface area contributed by atoms with Gasteiger partial charge in [0.25, 0.3) is 0 Å². The van der Waals surface area contributed by atoms with Crippen molar-refractivity contribution in [2.24, 2.45) is 0 Å². The van der Waals surface area contributed by atoms with Crippen LogP contribution in [0.4, 0.5) is 11.4 Å². The first kappa shape index (κ1) is 16.2. The minimum atomic E-state index is -0.960. The highest BCUT2D eigenvalue weighted by atomic mass is 16.2. The summed E-state index contributed by atoms with van der Waals surface area (Å²) in [5.74, 6) is -2.41. The van der Waals surface area contributed by atoms with Crippen LogP contribution in [0.1, 0.15) is 12.6 Å². The summed E-state index contributed by atoms with van der Waals surface area (Å²) in [6, 6.07) is 11.3. The van der Waals surface area contributed by atoms with Crippen LogP contribution in [-0.2, 0) is 20.9 Å². The molecule has 0 spiro atoms.